The van der Waals surface area contributed by atoms with Crippen LogP contribution in [0.4, 0.5) is 0 Å². The molecule has 3 nitrogen and oxygen atoms in total. The molecule has 3 rings (SSSR count). The molecule has 0 fully saturated rings. The summed E-state index contributed by atoms with van der Waals surface area (Å²) in [6.07, 6.45) is 0. The lowest BCUT2D eigenvalue weighted by Gasteiger charge is -2.07. The first-order valence-corrected chi connectivity index (χ1v) is 6.06. The number of rotatable bonds is 2. The van der Waals surface area contributed by atoms with Gasteiger partial charge in [0.05, 0.1) is 11.5 Å². The predicted molar refractivity (Wildman–Crippen MR) is 74.0 cm³/mol. The summed E-state index contributed by atoms with van der Waals surface area (Å²) in [5.41, 5.74) is 0.0442. The first-order chi connectivity index (χ1) is 9.22. The summed E-state index contributed by atoms with van der Waals surface area (Å²) in [7, 11) is 0. The second-order valence-electron chi connectivity index (χ2n) is 3.99. The van der Waals surface area contributed by atoms with E-state index in [9.17, 15) is 4.79 Å². The Kier molecular flexibility index (Phi) is 2.97. The summed E-state index contributed by atoms with van der Waals surface area (Å²) in [5, 5.41) is 1.31. The molecule has 94 valence electrons. The van der Waals surface area contributed by atoms with Crippen LogP contribution in [-0.2, 0) is 0 Å². The number of halogens is 1. The summed E-state index contributed by atoms with van der Waals surface area (Å²) in [6.45, 7) is 0. The second-order valence-corrected chi connectivity index (χ2v) is 4.42. The Hall–Kier alpha value is -2.26. The zero-order valence-corrected chi connectivity index (χ0v) is 10.6. The van der Waals surface area contributed by atoms with E-state index >= 15 is 0 Å². The number of ether oxygens (including phenoxy) is 1. The van der Waals surface area contributed by atoms with Crippen LogP contribution in [0.2, 0.25) is 5.02 Å². The van der Waals surface area contributed by atoms with E-state index in [1.807, 2.05) is 12.1 Å². The Morgan fingerprint density at radius 1 is 1.00 bits per heavy atom. The maximum Gasteiger partial charge on any atom is 0.339 e. The summed E-state index contributed by atoms with van der Waals surface area (Å²) in [5.74, 6) is 1.03. The normalized spacial score (nSPS) is 10.6. The number of para-hydroxylation sites is 1. The van der Waals surface area contributed by atoms with Crippen LogP contribution in [0.3, 0.4) is 0 Å². The van der Waals surface area contributed by atoms with Gasteiger partial charge in [0.1, 0.15) is 17.1 Å². The quantitative estimate of drug-likeness (QED) is 0.655. The largest absolute Gasteiger partial charge is 0.456 e. The van der Waals surface area contributed by atoms with Crippen molar-refractivity contribution in [3.05, 3.63) is 70.0 Å². The standard InChI is InChI=1S/C15H9ClO3/c16-10-4-3-5-11(8-10)18-14-9-15(17)19-13-7-2-1-6-12(13)14/h1-9H. The lowest BCUT2D eigenvalue weighted by molar-refractivity contribution is 0.475. The van der Waals surface area contributed by atoms with E-state index in [4.69, 9.17) is 20.8 Å². The fourth-order valence-electron chi connectivity index (χ4n) is 1.82. The van der Waals surface area contributed by atoms with Crippen LogP contribution < -0.4 is 10.4 Å². The van der Waals surface area contributed by atoms with Crippen molar-refractivity contribution in [2.45, 2.75) is 0 Å². The molecule has 2 aromatic carbocycles. The Morgan fingerprint density at radius 2 is 1.84 bits per heavy atom. The molecule has 0 bridgehead atoms. The molecule has 0 aliphatic heterocycles. The van der Waals surface area contributed by atoms with Crippen LogP contribution in [0.15, 0.2) is 63.8 Å². The van der Waals surface area contributed by atoms with Crippen molar-refractivity contribution in [2.24, 2.45) is 0 Å². The van der Waals surface area contributed by atoms with Gasteiger partial charge in [0.25, 0.3) is 0 Å². The fourth-order valence-corrected chi connectivity index (χ4v) is 2.00. The van der Waals surface area contributed by atoms with Crippen LogP contribution in [0.1, 0.15) is 0 Å². The van der Waals surface area contributed by atoms with Gasteiger partial charge >= 0.3 is 5.63 Å². The minimum atomic E-state index is -0.448. The van der Waals surface area contributed by atoms with Crippen LogP contribution >= 0.6 is 11.6 Å². The fraction of sp³-hybridized carbons (Fsp3) is 0. The highest BCUT2D eigenvalue weighted by Gasteiger charge is 2.07. The minimum absolute atomic E-state index is 0.448. The molecule has 0 saturated heterocycles. The molecule has 0 atom stereocenters. The highest BCUT2D eigenvalue weighted by molar-refractivity contribution is 6.30. The Morgan fingerprint density at radius 3 is 2.68 bits per heavy atom. The zero-order valence-electron chi connectivity index (χ0n) is 9.80. The Bertz CT molecular complexity index is 792. The number of hydrogen-bond donors (Lipinski definition) is 0. The maximum atomic E-state index is 11.5. The first kappa shape index (κ1) is 11.8. The number of hydrogen-bond acceptors (Lipinski definition) is 3. The van der Waals surface area contributed by atoms with Gasteiger partial charge in [-0.15, -0.1) is 0 Å². The van der Waals surface area contributed by atoms with Crippen molar-refractivity contribution in [3.63, 3.8) is 0 Å². The van der Waals surface area contributed by atoms with E-state index in [0.717, 1.165) is 5.39 Å². The molecule has 4 heteroatoms. The van der Waals surface area contributed by atoms with Gasteiger partial charge in [0.2, 0.25) is 0 Å². The average Bonchev–Trinajstić information content (AvgIpc) is 2.38. The third-order valence-corrected chi connectivity index (χ3v) is 2.87. The topological polar surface area (TPSA) is 39.4 Å². The molecule has 0 N–H and O–H groups in total. The monoisotopic (exact) mass is 272 g/mol. The van der Waals surface area contributed by atoms with Gasteiger partial charge in [-0.1, -0.05) is 29.8 Å². The molecule has 3 aromatic rings. The van der Waals surface area contributed by atoms with Gasteiger partial charge in [-0.3, -0.25) is 0 Å². The predicted octanol–water partition coefficient (Wildman–Crippen LogP) is 4.24. The van der Waals surface area contributed by atoms with E-state index in [1.54, 1.807) is 36.4 Å². The lowest BCUT2D eigenvalue weighted by Crippen LogP contribution is -1.98. The van der Waals surface area contributed by atoms with Crippen molar-refractivity contribution in [1.29, 1.82) is 0 Å². The van der Waals surface area contributed by atoms with Crippen molar-refractivity contribution >= 4 is 22.6 Å². The first-order valence-electron chi connectivity index (χ1n) is 5.69. The van der Waals surface area contributed by atoms with Gasteiger partial charge in [-0.2, -0.15) is 0 Å². The van der Waals surface area contributed by atoms with E-state index in [-0.39, 0.29) is 0 Å². The van der Waals surface area contributed by atoms with Gasteiger partial charge in [0.15, 0.2) is 0 Å². The number of fused-ring (bicyclic) bond motifs is 1. The molecule has 0 amide bonds. The second kappa shape index (κ2) is 4.78. The molecule has 0 unspecified atom stereocenters. The summed E-state index contributed by atoms with van der Waals surface area (Å²) in [4.78, 5) is 11.5. The van der Waals surface area contributed by atoms with Gasteiger partial charge < -0.3 is 9.15 Å². The van der Waals surface area contributed by atoms with E-state index < -0.39 is 5.63 Å². The molecule has 0 aliphatic rings. The Balaban J connectivity index is 2.12. The molecular formula is C15H9ClO3. The molecule has 0 radical (unpaired) electrons. The minimum Gasteiger partial charge on any atom is -0.456 e. The van der Waals surface area contributed by atoms with Crippen molar-refractivity contribution in [3.8, 4) is 11.5 Å². The SMILES string of the molecule is O=c1cc(Oc2cccc(Cl)c2)c2ccccc2o1. The molecule has 1 aromatic heterocycles. The summed E-state index contributed by atoms with van der Waals surface area (Å²) >= 11 is 5.90. The highest BCUT2D eigenvalue weighted by atomic mass is 35.5. The lowest BCUT2D eigenvalue weighted by atomic mass is 10.2. The van der Waals surface area contributed by atoms with Crippen LogP contribution in [0, 0.1) is 0 Å². The molecule has 0 spiro atoms. The molecule has 1 heterocycles. The number of benzene rings is 2. The molecular weight excluding hydrogens is 264 g/mol. The van der Waals surface area contributed by atoms with E-state index in [1.165, 1.54) is 6.07 Å². The van der Waals surface area contributed by atoms with Gasteiger partial charge in [-0.05, 0) is 30.3 Å². The zero-order chi connectivity index (χ0) is 13.2. The molecule has 0 aliphatic carbocycles. The van der Waals surface area contributed by atoms with Gasteiger partial charge in [0, 0.05) is 5.02 Å². The van der Waals surface area contributed by atoms with E-state index in [2.05, 4.69) is 0 Å². The van der Waals surface area contributed by atoms with Crippen molar-refractivity contribution in [1.82, 2.24) is 0 Å². The smallest absolute Gasteiger partial charge is 0.339 e. The van der Waals surface area contributed by atoms with Crippen LogP contribution in [-0.4, -0.2) is 0 Å². The maximum absolute atomic E-state index is 11.5. The third-order valence-electron chi connectivity index (χ3n) is 2.64. The van der Waals surface area contributed by atoms with Gasteiger partial charge in [-0.25, -0.2) is 4.79 Å². The van der Waals surface area contributed by atoms with Crippen LogP contribution in [0.5, 0.6) is 11.5 Å². The Labute approximate surface area is 114 Å². The van der Waals surface area contributed by atoms with Crippen LogP contribution in [0.25, 0.3) is 11.0 Å². The third kappa shape index (κ3) is 2.46. The van der Waals surface area contributed by atoms with Crippen molar-refractivity contribution in [2.75, 3.05) is 0 Å². The highest BCUT2D eigenvalue weighted by Crippen LogP contribution is 2.29. The van der Waals surface area contributed by atoms with E-state index in [0.29, 0.717) is 22.1 Å². The molecule has 19 heavy (non-hydrogen) atoms. The average molecular weight is 273 g/mol. The molecule has 0 saturated carbocycles. The van der Waals surface area contributed by atoms with Crippen molar-refractivity contribution < 1.29 is 9.15 Å². The summed E-state index contributed by atoms with van der Waals surface area (Å²) < 4.78 is 10.8. The summed E-state index contributed by atoms with van der Waals surface area (Å²) in [6, 6.07) is 15.5.